The highest BCUT2D eigenvalue weighted by molar-refractivity contribution is 7.13. The summed E-state index contributed by atoms with van der Waals surface area (Å²) in [7, 11) is 1.59. The Kier molecular flexibility index (Phi) is 4.70. The molecule has 3 N–H and O–H groups in total. The van der Waals surface area contributed by atoms with Gasteiger partial charge in [0.15, 0.2) is 0 Å². The lowest BCUT2D eigenvalue weighted by atomic mass is 10.2. The monoisotopic (exact) mass is 291 g/mol. The fourth-order valence-electron chi connectivity index (χ4n) is 1.77. The molecule has 0 aliphatic carbocycles. The number of benzene rings is 1. The lowest BCUT2D eigenvalue weighted by Crippen LogP contribution is -2.11. The minimum atomic E-state index is 0.0108. The van der Waals surface area contributed by atoms with Gasteiger partial charge in [-0.05, 0) is 18.6 Å². The number of thiazole rings is 1. The molecule has 0 spiro atoms. The van der Waals surface area contributed by atoms with E-state index in [4.69, 9.17) is 20.6 Å². The van der Waals surface area contributed by atoms with Crippen molar-refractivity contribution in [2.75, 3.05) is 7.11 Å². The Balaban J connectivity index is 2.12. The summed E-state index contributed by atoms with van der Waals surface area (Å²) >= 11 is 1.37. The van der Waals surface area contributed by atoms with Crippen LogP contribution in [0.1, 0.15) is 21.1 Å². The highest BCUT2D eigenvalue weighted by Gasteiger charge is 2.14. The average molecular weight is 291 g/mol. The van der Waals surface area contributed by atoms with Crippen molar-refractivity contribution in [3.05, 3.63) is 45.4 Å². The zero-order chi connectivity index (χ0) is 14.5. The number of aryl methyl sites for hydroxylation is 1. The van der Waals surface area contributed by atoms with Crippen LogP contribution in [0.25, 0.3) is 0 Å². The average Bonchev–Trinajstić information content (AvgIpc) is 2.82. The Morgan fingerprint density at radius 1 is 1.35 bits per heavy atom. The molecule has 2 aromatic rings. The van der Waals surface area contributed by atoms with Crippen molar-refractivity contribution in [1.29, 1.82) is 5.41 Å². The fraction of sp³-hybridized carbons (Fsp3) is 0.286. The topological polar surface area (TPSA) is 81.2 Å². The van der Waals surface area contributed by atoms with E-state index < -0.39 is 0 Å². The van der Waals surface area contributed by atoms with Gasteiger partial charge >= 0.3 is 0 Å². The highest BCUT2D eigenvalue weighted by atomic mass is 32.1. The van der Waals surface area contributed by atoms with Crippen molar-refractivity contribution in [3.8, 4) is 5.75 Å². The van der Waals surface area contributed by atoms with E-state index in [2.05, 4.69) is 4.98 Å². The van der Waals surface area contributed by atoms with E-state index in [0.717, 1.165) is 16.3 Å². The Morgan fingerprint density at radius 3 is 2.75 bits per heavy atom. The number of nitrogens with two attached hydrogens (primary N) is 1. The normalized spacial score (nSPS) is 10.5. The van der Waals surface area contributed by atoms with Crippen molar-refractivity contribution in [2.45, 2.75) is 20.1 Å². The second-order valence-electron chi connectivity index (χ2n) is 4.28. The summed E-state index contributed by atoms with van der Waals surface area (Å²) in [5, 5.41) is 8.33. The minimum Gasteiger partial charge on any atom is -0.486 e. The summed E-state index contributed by atoms with van der Waals surface area (Å²) in [5.74, 6) is 0.844. The Morgan fingerprint density at radius 2 is 2.10 bits per heavy atom. The van der Waals surface area contributed by atoms with Gasteiger partial charge in [-0.3, -0.25) is 5.41 Å². The summed E-state index contributed by atoms with van der Waals surface area (Å²) in [5.41, 5.74) is 7.31. The predicted octanol–water partition coefficient (Wildman–Crippen LogP) is 2.46. The molecule has 0 aliphatic rings. The van der Waals surface area contributed by atoms with Gasteiger partial charge in [0.25, 0.3) is 0 Å². The van der Waals surface area contributed by atoms with Crippen LogP contribution >= 0.6 is 11.3 Å². The summed E-state index contributed by atoms with van der Waals surface area (Å²) in [4.78, 5) is 5.06. The molecule has 1 aromatic carbocycles. The second-order valence-corrected chi connectivity index (χ2v) is 5.37. The third kappa shape index (κ3) is 3.34. The van der Waals surface area contributed by atoms with Gasteiger partial charge in [0.1, 0.15) is 23.2 Å². The first-order chi connectivity index (χ1) is 9.61. The Labute approximate surface area is 121 Å². The number of methoxy groups -OCH3 is 1. The first kappa shape index (κ1) is 14.5. The molecular formula is C14H17N3O2S. The van der Waals surface area contributed by atoms with Crippen molar-refractivity contribution in [3.63, 3.8) is 0 Å². The Bertz CT molecular complexity index is 610. The van der Waals surface area contributed by atoms with Gasteiger partial charge < -0.3 is 15.2 Å². The third-order valence-electron chi connectivity index (χ3n) is 2.71. The number of ether oxygens (including phenoxy) is 2. The number of aromatic nitrogens is 1. The van der Waals surface area contributed by atoms with E-state index in [1.807, 2.05) is 31.2 Å². The van der Waals surface area contributed by atoms with Gasteiger partial charge in [0.05, 0.1) is 17.2 Å². The summed E-state index contributed by atoms with van der Waals surface area (Å²) in [6.07, 6.45) is 0. The second kappa shape index (κ2) is 6.49. The maximum absolute atomic E-state index is 7.55. The maximum atomic E-state index is 7.55. The third-order valence-corrected chi connectivity index (χ3v) is 3.82. The molecule has 0 saturated heterocycles. The van der Waals surface area contributed by atoms with Crippen LogP contribution in [0.2, 0.25) is 0 Å². The Hall–Kier alpha value is -1.92. The zero-order valence-corrected chi connectivity index (χ0v) is 12.3. The molecule has 0 amide bonds. The van der Waals surface area contributed by atoms with Gasteiger partial charge in [0.2, 0.25) is 0 Å². The largest absolute Gasteiger partial charge is 0.486 e. The van der Waals surface area contributed by atoms with E-state index >= 15 is 0 Å². The van der Waals surface area contributed by atoms with Gasteiger partial charge in [-0.2, -0.15) is 0 Å². The van der Waals surface area contributed by atoms with E-state index in [1.54, 1.807) is 7.11 Å². The molecule has 0 aliphatic heterocycles. The molecule has 1 aromatic heterocycles. The summed E-state index contributed by atoms with van der Waals surface area (Å²) in [6.45, 7) is 2.70. The maximum Gasteiger partial charge on any atom is 0.140 e. The molecule has 5 nitrogen and oxygen atoms in total. The lowest BCUT2D eigenvalue weighted by Gasteiger charge is -2.06. The van der Waals surface area contributed by atoms with Crippen LogP contribution in [-0.4, -0.2) is 17.9 Å². The van der Waals surface area contributed by atoms with E-state index in [0.29, 0.717) is 23.8 Å². The number of hydrogen-bond donors (Lipinski definition) is 2. The molecule has 0 fully saturated rings. The van der Waals surface area contributed by atoms with Crippen LogP contribution < -0.4 is 10.5 Å². The van der Waals surface area contributed by atoms with E-state index in [-0.39, 0.29) is 5.84 Å². The molecule has 0 atom stereocenters. The van der Waals surface area contributed by atoms with Crippen LogP contribution in [-0.2, 0) is 18.0 Å². The molecule has 0 unspecified atom stereocenters. The molecule has 0 saturated carbocycles. The predicted molar refractivity (Wildman–Crippen MR) is 79.4 cm³/mol. The minimum absolute atomic E-state index is 0.0108. The molecule has 0 bridgehead atoms. The zero-order valence-electron chi connectivity index (χ0n) is 11.5. The fourth-order valence-corrected chi connectivity index (χ4v) is 2.61. The van der Waals surface area contributed by atoms with Gasteiger partial charge in [-0.25, -0.2) is 4.98 Å². The highest BCUT2D eigenvalue weighted by Crippen LogP contribution is 2.22. The molecule has 20 heavy (non-hydrogen) atoms. The number of nitrogen functional groups attached to an aromatic ring is 1. The number of rotatable bonds is 6. The summed E-state index contributed by atoms with van der Waals surface area (Å²) < 4.78 is 10.8. The number of hydrogen-bond acceptors (Lipinski definition) is 5. The summed E-state index contributed by atoms with van der Waals surface area (Å²) in [6, 6.07) is 7.82. The molecule has 0 radical (unpaired) electrons. The van der Waals surface area contributed by atoms with Gasteiger partial charge in [-0.15, -0.1) is 11.3 Å². The molecular weight excluding hydrogens is 274 g/mol. The van der Waals surface area contributed by atoms with Crippen LogP contribution in [0.3, 0.4) is 0 Å². The molecule has 106 valence electrons. The van der Waals surface area contributed by atoms with Crippen LogP contribution in [0, 0.1) is 12.3 Å². The van der Waals surface area contributed by atoms with Crippen molar-refractivity contribution < 1.29 is 9.47 Å². The first-order valence-corrected chi connectivity index (χ1v) is 6.93. The quantitative estimate of drug-likeness (QED) is 0.633. The van der Waals surface area contributed by atoms with E-state index in [9.17, 15) is 0 Å². The number of nitrogens with one attached hydrogen (secondary N) is 1. The standard InChI is InChI=1S/C14H17N3O2S/c1-9-5-3-4-6-11(9)19-8-12-17-10(7-18-2)13(20-12)14(15)16/h3-6H,7-8H2,1-2H3,(H3,15,16). The molecule has 1 heterocycles. The lowest BCUT2D eigenvalue weighted by molar-refractivity contribution is 0.181. The van der Waals surface area contributed by atoms with Gasteiger partial charge in [-0.1, -0.05) is 18.2 Å². The number of nitrogens with zero attached hydrogens (tertiary/aromatic N) is 1. The van der Waals surface area contributed by atoms with Crippen LogP contribution in [0.4, 0.5) is 0 Å². The van der Waals surface area contributed by atoms with Crippen molar-refractivity contribution in [2.24, 2.45) is 5.73 Å². The van der Waals surface area contributed by atoms with E-state index in [1.165, 1.54) is 11.3 Å². The number of amidine groups is 1. The van der Waals surface area contributed by atoms with Crippen LogP contribution in [0.5, 0.6) is 5.75 Å². The molecule has 6 heteroatoms. The molecule has 2 rings (SSSR count). The number of para-hydroxylation sites is 1. The van der Waals surface area contributed by atoms with Crippen molar-refractivity contribution >= 4 is 17.2 Å². The van der Waals surface area contributed by atoms with Crippen LogP contribution in [0.15, 0.2) is 24.3 Å². The van der Waals surface area contributed by atoms with Gasteiger partial charge in [0, 0.05) is 7.11 Å². The smallest absolute Gasteiger partial charge is 0.140 e. The first-order valence-electron chi connectivity index (χ1n) is 6.12. The SMILES string of the molecule is COCc1nc(COc2ccccc2C)sc1C(=N)N. The van der Waals surface area contributed by atoms with Crippen molar-refractivity contribution in [1.82, 2.24) is 4.98 Å².